The van der Waals surface area contributed by atoms with Gasteiger partial charge in [0.05, 0.1) is 18.9 Å². The second-order valence-electron chi connectivity index (χ2n) is 2.76. The highest BCUT2D eigenvalue weighted by Crippen LogP contribution is 2.37. The molecule has 2 nitrogen and oxygen atoms in total. The second-order valence-corrected chi connectivity index (χ2v) is 3.67. The molecule has 0 fully saturated rings. The quantitative estimate of drug-likeness (QED) is 0.761. The molecule has 0 N–H and O–H groups in total. The average molecular weight is 212 g/mol. The first-order valence-electron chi connectivity index (χ1n) is 4.05. The summed E-state index contributed by atoms with van der Waals surface area (Å²) in [5, 5.41) is 2.62. The van der Waals surface area contributed by atoms with Crippen molar-refractivity contribution in [2.45, 2.75) is 0 Å². The normalized spacial score (nSPS) is 10.5. The Bertz CT molecular complexity index is 464. The van der Waals surface area contributed by atoms with Crippen LogP contribution in [0.2, 0.25) is 0 Å². The van der Waals surface area contributed by atoms with Crippen LogP contribution in [-0.4, -0.2) is 14.2 Å². The van der Waals surface area contributed by atoms with Crippen LogP contribution >= 0.6 is 11.3 Å². The van der Waals surface area contributed by atoms with Crippen molar-refractivity contribution < 1.29 is 13.9 Å². The minimum atomic E-state index is -0.321. The molecule has 0 saturated heterocycles. The zero-order valence-corrected chi connectivity index (χ0v) is 8.65. The molecule has 1 aromatic carbocycles. The zero-order chi connectivity index (χ0) is 10.1. The average Bonchev–Trinajstić information content (AvgIpc) is 2.68. The van der Waals surface area contributed by atoms with E-state index in [1.807, 2.05) is 11.4 Å². The molecule has 0 spiro atoms. The Morgan fingerprint density at radius 1 is 1.21 bits per heavy atom. The number of benzene rings is 1. The van der Waals surface area contributed by atoms with Crippen LogP contribution in [0, 0.1) is 5.82 Å². The first-order valence-corrected chi connectivity index (χ1v) is 4.93. The van der Waals surface area contributed by atoms with Gasteiger partial charge in [0.1, 0.15) is 5.75 Å². The number of hydrogen-bond acceptors (Lipinski definition) is 3. The fraction of sp³-hybridized carbons (Fsp3) is 0.200. The van der Waals surface area contributed by atoms with Gasteiger partial charge in [0.2, 0.25) is 0 Å². The van der Waals surface area contributed by atoms with Crippen molar-refractivity contribution >= 4 is 21.4 Å². The van der Waals surface area contributed by atoms with Gasteiger partial charge in [-0.1, -0.05) is 0 Å². The van der Waals surface area contributed by atoms with E-state index in [1.165, 1.54) is 18.4 Å². The smallest absolute Gasteiger partial charge is 0.183 e. The molecule has 2 aromatic rings. The zero-order valence-electron chi connectivity index (χ0n) is 7.83. The Balaban J connectivity index is 2.80. The summed E-state index contributed by atoms with van der Waals surface area (Å²) in [6.45, 7) is 0. The van der Waals surface area contributed by atoms with Crippen LogP contribution in [0.15, 0.2) is 17.5 Å². The van der Waals surface area contributed by atoms with Crippen molar-refractivity contribution in [3.63, 3.8) is 0 Å². The van der Waals surface area contributed by atoms with Crippen molar-refractivity contribution in [2.24, 2.45) is 0 Å². The van der Waals surface area contributed by atoms with E-state index in [0.717, 1.165) is 5.39 Å². The summed E-state index contributed by atoms with van der Waals surface area (Å²) in [6.07, 6.45) is 0. The Kier molecular flexibility index (Phi) is 2.29. The Morgan fingerprint density at radius 2 is 1.93 bits per heavy atom. The molecule has 0 bridgehead atoms. The van der Waals surface area contributed by atoms with E-state index in [-0.39, 0.29) is 11.6 Å². The monoisotopic (exact) mass is 212 g/mol. The number of hydrogen-bond donors (Lipinski definition) is 0. The number of fused-ring (bicyclic) bond motifs is 1. The molecule has 0 unspecified atom stereocenters. The van der Waals surface area contributed by atoms with Gasteiger partial charge < -0.3 is 9.47 Å². The molecule has 0 atom stereocenters. The van der Waals surface area contributed by atoms with Gasteiger partial charge >= 0.3 is 0 Å². The summed E-state index contributed by atoms with van der Waals surface area (Å²) in [6, 6.07) is 3.39. The predicted molar refractivity (Wildman–Crippen MR) is 54.9 cm³/mol. The summed E-state index contributed by atoms with van der Waals surface area (Å²) in [4.78, 5) is 0. The summed E-state index contributed by atoms with van der Waals surface area (Å²) in [5.74, 6) is 0.537. The van der Waals surface area contributed by atoms with E-state index in [1.54, 1.807) is 13.2 Å². The van der Waals surface area contributed by atoms with Crippen molar-refractivity contribution in [3.05, 3.63) is 23.3 Å². The number of ether oxygens (including phenoxy) is 2. The number of rotatable bonds is 2. The molecular formula is C10H9FO2S. The Hall–Kier alpha value is -1.29. The minimum Gasteiger partial charge on any atom is -0.496 e. The molecule has 74 valence electrons. The lowest BCUT2D eigenvalue weighted by molar-refractivity contribution is 0.379. The molecule has 0 aliphatic rings. The molecule has 0 radical (unpaired) electrons. The fourth-order valence-corrected chi connectivity index (χ4v) is 2.20. The van der Waals surface area contributed by atoms with Crippen LogP contribution in [-0.2, 0) is 0 Å². The van der Waals surface area contributed by atoms with Gasteiger partial charge in [0, 0.05) is 11.5 Å². The predicted octanol–water partition coefficient (Wildman–Crippen LogP) is 3.06. The fourth-order valence-electron chi connectivity index (χ4n) is 1.36. The van der Waals surface area contributed by atoms with Gasteiger partial charge in [0.15, 0.2) is 11.6 Å². The molecule has 1 heterocycles. The third kappa shape index (κ3) is 1.23. The maximum absolute atomic E-state index is 13.6. The molecule has 0 amide bonds. The van der Waals surface area contributed by atoms with E-state index in [2.05, 4.69) is 0 Å². The van der Waals surface area contributed by atoms with Crippen molar-refractivity contribution in [3.8, 4) is 11.5 Å². The third-order valence-electron chi connectivity index (χ3n) is 2.05. The van der Waals surface area contributed by atoms with E-state index in [9.17, 15) is 4.39 Å². The van der Waals surface area contributed by atoms with Crippen LogP contribution in [0.5, 0.6) is 11.5 Å². The summed E-state index contributed by atoms with van der Waals surface area (Å²) < 4.78 is 24.3. The van der Waals surface area contributed by atoms with E-state index < -0.39 is 0 Å². The van der Waals surface area contributed by atoms with Crippen LogP contribution in [0.25, 0.3) is 10.1 Å². The lowest BCUT2D eigenvalue weighted by atomic mass is 10.2. The van der Waals surface area contributed by atoms with Gasteiger partial charge in [0.25, 0.3) is 0 Å². The SMILES string of the molecule is COc1cc(OC)c2ccsc2c1F. The maximum Gasteiger partial charge on any atom is 0.183 e. The highest BCUT2D eigenvalue weighted by atomic mass is 32.1. The van der Waals surface area contributed by atoms with Crippen molar-refractivity contribution in [2.75, 3.05) is 14.2 Å². The summed E-state index contributed by atoms with van der Waals surface area (Å²) >= 11 is 1.34. The largest absolute Gasteiger partial charge is 0.496 e. The number of methoxy groups -OCH3 is 2. The Labute approximate surface area is 84.9 Å². The maximum atomic E-state index is 13.6. The van der Waals surface area contributed by atoms with Crippen LogP contribution in [0.4, 0.5) is 4.39 Å². The van der Waals surface area contributed by atoms with Crippen LogP contribution in [0.1, 0.15) is 0 Å². The van der Waals surface area contributed by atoms with Gasteiger partial charge in [-0.25, -0.2) is 4.39 Å². The van der Waals surface area contributed by atoms with Crippen molar-refractivity contribution in [1.29, 1.82) is 0 Å². The van der Waals surface area contributed by atoms with Crippen molar-refractivity contribution in [1.82, 2.24) is 0 Å². The lowest BCUT2D eigenvalue weighted by Gasteiger charge is -2.06. The Morgan fingerprint density at radius 3 is 2.57 bits per heavy atom. The van der Waals surface area contributed by atoms with E-state index >= 15 is 0 Å². The molecule has 1 aromatic heterocycles. The first kappa shape index (κ1) is 9.27. The topological polar surface area (TPSA) is 18.5 Å². The highest BCUT2D eigenvalue weighted by molar-refractivity contribution is 7.17. The highest BCUT2D eigenvalue weighted by Gasteiger charge is 2.13. The molecule has 0 aliphatic carbocycles. The van der Waals surface area contributed by atoms with Gasteiger partial charge in [-0.2, -0.15) is 0 Å². The molecular weight excluding hydrogens is 203 g/mol. The first-order chi connectivity index (χ1) is 6.77. The van der Waals surface area contributed by atoms with Gasteiger partial charge in [-0.05, 0) is 11.4 Å². The third-order valence-corrected chi connectivity index (χ3v) is 2.96. The lowest BCUT2D eigenvalue weighted by Crippen LogP contribution is -1.91. The molecule has 14 heavy (non-hydrogen) atoms. The minimum absolute atomic E-state index is 0.219. The molecule has 2 rings (SSSR count). The number of halogens is 1. The van der Waals surface area contributed by atoms with E-state index in [0.29, 0.717) is 10.4 Å². The number of thiophene rings is 1. The van der Waals surface area contributed by atoms with E-state index in [4.69, 9.17) is 9.47 Å². The summed E-state index contributed by atoms with van der Waals surface area (Å²) in [7, 11) is 3.00. The summed E-state index contributed by atoms with van der Waals surface area (Å²) in [5.41, 5.74) is 0. The molecule has 0 saturated carbocycles. The van der Waals surface area contributed by atoms with Crippen LogP contribution in [0.3, 0.4) is 0 Å². The second kappa shape index (κ2) is 3.46. The van der Waals surface area contributed by atoms with Gasteiger partial charge in [-0.15, -0.1) is 11.3 Å². The standard InChI is InChI=1S/C10H9FO2S/c1-12-7-5-8(13-2)9(11)10-6(7)3-4-14-10/h3-5H,1-2H3. The van der Waals surface area contributed by atoms with Gasteiger partial charge in [-0.3, -0.25) is 0 Å². The molecule has 0 aliphatic heterocycles. The molecule has 4 heteroatoms. The van der Waals surface area contributed by atoms with Crippen LogP contribution < -0.4 is 9.47 Å².